The zero-order chi connectivity index (χ0) is 19.2. The first-order valence-corrected chi connectivity index (χ1v) is 10.4. The van der Waals surface area contributed by atoms with Gasteiger partial charge >= 0.3 is 0 Å². The predicted molar refractivity (Wildman–Crippen MR) is 102 cm³/mol. The highest BCUT2D eigenvalue weighted by Gasteiger charge is 2.30. The lowest BCUT2D eigenvalue weighted by atomic mass is 10.1. The number of fused-ring (bicyclic) bond motifs is 3. The molecule has 5 nitrogen and oxygen atoms in total. The van der Waals surface area contributed by atoms with Crippen molar-refractivity contribution < 1.29 is 17.2 Å². The molecular formula is C19H21F2N3O2S. The second-order valence-electron chi connectivity index (χ2n) is 6.91. The van der Waals surface area contributed by atoms with Crippen LogP contribution in [0.25, 0.3) is 21.8 Å². The summed E-state index contributed by atoms with van der Waals surface area (Å²) in [7, 11) is -1.79. The molecule has 1 aromatic heterocycles. The molecule has 8 heteroatoms. The Labute approximate surface area is 157 Å². The highest BCUT2D eigenvalue weighted by atomic mass is 32.2. The van der Waals surface area contributed by atoms with Crippen molar-refractivity contribution >= 4 is 32.0 Å². The van der Waals surface area contributed by atoms with Gasteiger partial charge in [-0.05, 0) is 49.2 Å². The van der Waals surface area contributed by atoms with Crippen molar-refractivity contribution in [3.8, 4) is 0 Å². The molecule has 1 aliphatic rings. The number of benzene rings is 2. The molecule has 0 aliphatic carbocycles. The highest BCUT2D eigenvalue weighted by Crippen LogP contribution is 2.30. The van der Waals surface area contributed by atoms with E-state index in [9.17, 15) is 17.2 Å². The van der Waals surface area contributed by atoms with E-state index in [1.807, 2.05) is 4.57 Å². The summed E-state index contributed by atoms with van der Waals surface area (Å²) in [5, 5.41) is 1.32. The molecule has 0 bridgehead atoms. The average molecular weight is 393 g/mol. The maximum absolute atomic E-state index is 13.7. The normalized spacial score (nSPS) is 18.5. The van der Waals surface area contributed by atoms with Gasteiger partial charge in [-0.25, -0.2) is 8.78 Å². The monoisotopic (exact) mass is 393 g/mol. The minimum absolute atomic E-state index is 0.367. The summed E-state index contributed by atoms with van der Waals surface area (Å²) >= 11 is 0. The highest BCUT2D eigenvalue weighted by molar-refractivity contribution is 7.86. The number of halogens is 2. The van der Waals surface area contributed by atoms with Crippen LogP contribution in [0.15, 0.2) is 36.4 Å². The lowest BCUT2D eigenvalue weighted by Gasteiger charge is -2.32. The summed E-state index contributed by atoms with van der Waals surface area (Å²) in [4.78, 5) is 0. The molecular weight excluding hydrogens is 372 g/mol. The third kappa shape index (κ3) is 3.22. The summed E-state index contributed by atoms with van der Waals surface area (Å²) in [6.45, 7) is 2.04. The average Bonchev–Trinajstić information content (AvgIpc) is 2.91. The van der Waals surface area contributed by atoms with Crippen LogP contribution in [0.3, 0.4) is 0 Å². The van der Waals surface area contributed by atoms with E-state index in [1.165, 1.54) is 32.9 Å². The van der Waals surface area contributed by atoms with Crippen molar-refractivity contribution in [1.82, 2.24) is 13.2 Å². The van der Waals surface area contributed by atoms with Crippen LogP contribution in [0.4, 0.5) is 8.78 Å². The summed E-state index contributed by atoms with van der Waals surface area (Å²) in [5.41, 5.74) is 1.63. The smallest absolute Gasteiger partial charge is 0.281 e. The van der Waals surface area contributed by atoms with Crippen LogP contribution in [0, 0.1) is 11.6 Å². The first-order valence-electron chi connectivity index (χ1n) is 8.96. The van der Waals surface area contributed by atoms with Gasteiger partial charge in [-0.3, -0.25) is 0 Å². The molecule has 0 atom stereocenters. The third-order valence-electron chi connectivity index (χ3n) is 5.18. The van der Waals surface area contributed by atoms with Gasteiger partial charge in [0.1, 0.15) is 11.6 Å². The van der Waals surface area contributed by atoms with Crippen LogP contribution >= 0.6 is 0 Å². The van der Waals surface area contributed by atoms with Crippen molar-refractivity contribution in [2.24, 2.45) is 0 Å². The number of nitrogens with zero attached hydrogens (tertiary/aromatic N) is 3. The Morgan fingerprint density at radius 3 is 2.11 bits per heavy atom. The molecule has 3 aromatic rings. The first kappa shape index (κ1) is 18.3. The van der Waals surface area contributed by atoms with Gasteiger partial charge in [0.2, 0.25) is 0 Å². The summed E-state index contributed by atoms with van der Waals surface area (Å²) in [6.07, 6.45) is 1.42. The molecule has 0 spiro atoms. The second kappa shape index (κ2) is 6.85. The van der Waals surface area contributed by atoms with Crippen molar-refractivity contribution in [2.75, 3.05) is 26.7 Å². The van der Waals surface area contributed by atoms with Gasteiger partial charge in [0, 0.05) is 55.0 Å². The van der Waals surface area contributed by atoms with Gasteiger partial charge in [0.05, 0.1) is 0 Å². The Balaban J connectivity index is 1.64. The number of hydrogen-bond donors (Lipinski definition) is 0. The summed E-state index contributed by atoms with van der Waals surface area (Å²) < 4.78 is 57.0. The fourth-order valence-corrected chi connectivity index (χ4v) is 5.29. The van der Waals surface area contributed by atoms with E-state index < -0.39 is 10.2 Å². The third-order valence-corrected chi connectivity index (χ3v) is 7.17. The SMILES string of the molecule is CN1CCCN(CCCn2c3ccc(F)cc3c3cc(F)ccc32)S1(=O)=O. The molecule has 2 heterocycles. The van der Waals surface area contributed by atoms with Crippen LogP contribution in [0.5, 0.6) is 0 Å². The Morgan fingerprint density at radius 1 is 0.926 bits per heavy atom. The Kier molecular flexibility index (Phi) is 4.65. The van der Waals surface area contributed by atoms with Crippen LogP contribution in [-0.2, 0) is 16.8 Å². The number of rotatable bonds is 4. The fourth-order valence-electron chi connectivity index (χ4n) is 3.82. The van der Waals surface area contributed by atoms with E-state index in [4.69, 9.17) is 0 Å². The van der Waals surface area contributed by atoms with Crippen molar-refractivity contribution in [2.45, 2.75) is 19.4 Å². The zero-order valence-corrected chi connectivity index (χ0v) is 15.8. The van der Waals surface area contributed by atoms with Gasteiger partial charge in [-0.1, -0.05) is 0 Å². The van der Waals surface area contributed by atoms with Crippen molar-refractivity contribution in [1.29, 1.82) is 0 Å². The van der Waals surface area contributed by atoms with Crippen LogP contribution in [-0.4, -0.2) is 48.3 Å². The molecule has 0 N–H and O–H groups in total. The van der Waals surface area contributed by atoms with E-state index >= 15 is 0 Å². The Morgan fingerprint density at radius 2 is 1.52 bits per heavy atom. The molecule has 144 valence electrons. The van der Waals surface area contributed by atoms with E-state index in [-0.39, 0.29) is 11.6 Å². The molecule has 0 unspecified atom stereocenters. The molecule has 27 heavy (non-hydrogen) atoms. The van der Waals surface area contributed by atoms with Crippen LogP contribution < -0.4 is 0 Å². The Hall–Kier alpha value is -2.03. The molecule has 0 radical (unpaired) electrons. The van der Waals surface area contributed by atoms with E-state index in [1.54, 1.807) is 19.2 Å². The van der Waals surface area contributed by atoms with Crippen molar-refractivity contribution in [3.05, 3.63) is 48.0 Å². The zero-order valence-electron chi connectivity index (χ0n) is 15.0. The van der Waals surface area contributed by atoms with Gasteiger partial charge in [0.15, 0.2) is 0 Å². The number of aromatic nitrogens is 1. The number of hydrogen-bond acceptors (Lipinski definition) is 2. The largest absolute Gasteiger partial charge is 0.340 e. The van der Waals surface area contributed by atoms with Crippen molar-refractivity contribution in [3.63, 3.8) is 0 Å². The number of aryl methyl sites for hydroxylation is 1. The minimum Gasteiger partial charge on any atom is -0.340 e. The molecule has 4 rings (SSSR count). The quantitative estimate of drug-likeness (QED) is 0.683. The molecule has 2 aromatic carbocycles. The molecule has 0 amide bonds. The molecule has 0 saturated carbocycles. The van der Waals surface area contributed by atoms with Gasteiger partial charge in [-0.15, -0.1) is 0 Å². The standard InChI is InChI=1S/C19H21F2N3O2S/c1-22-8-2-9-23(27(22,25)26)10-3-11-24-18-6-4-14(20)12-16(18)17-13-15(21)5-7-19(17)24/h4-7,12-13H,2-3,8-11H2,1H3. The topological polar surface area (TPSA) is 45.5 Å². The van der Waals surface area contributed by atoms with E-state index in [0.717, 1.165) is 17.5 Å². The second-order valence-corrected chi connectivity index (χ2v) is 8.95. The molecule has 1 fully saturated rings. The maximum atomic E-state index is 13.7. The molecule has 1 saturated heterocycles. The lowest BCUT2D eigenvalue weighted by Crippen LogP contribution is -2.48. The predicted octanol–water partition coefficient (Wildman–Crippen LogP) is 3.35. The molecule has 1 aliphatic heterocycles. The fraction of sp³-hybridized carbons (Fsp3) is 0.368. The lowest BCUT2D eigenvalue weighted by molar-refractivity contribution is 0.302. The van der Waals surface area contributed by atoms with Gasteiger partial charge in [0.25, 0.3) is 10.2 Å². The first-order chi connectivity index (χ1) is 12.9. The van der Waals surface area contributed by atoms with Crippen LogP contribution in [0.2, 0.25) is 0 Å². The summed E-state index contributed by atoms with van der Waals surface area (Å²) in [5.74, 6) is -0.735. The van der Waals surface area contributed by atoms with Crippen LogP contribution in [0.1, 0.15) is 12.8 Å². The van der Waals surface area contributed by atoms with Gasteiger partial charge in [-0.2, -0.15) is 17.0 Å². The van der Waals surface area contributed by atoms with E-state index in [2.05, 4.69) is 0 Å². The van der Waals surface area contributed by atoms with Gasteiger partial charge < -0.3 is 4.57 Å². The maximum Gasteiger partial charge on any atom is 0.281 e. The Bertz CT molecular complexity index is 1050. The minimum atomic E-state index is -3.38. The van der Waals surface area contributed by atoms with E-state index in [0.29, 0.717) is 43.4 Å². The summed E-state index contributed by atoms with van der Waals surface area (Å²) in [6, 6.07) is 8.98.